The van der Waals surface area contributed by atoms with Crippen molar-refractivity contribution in [3.05, 3.63) is 65.2 Å². The van der Waals surface area contributed by atoms with E-state index < -0.39 is 10.0 Å². The van der Waals surface area contributed by atoms with Crippen LogP contribution in [0.2, 0.25) is 0 Å². The van der Waals surface area contributed by atoms with Crippen LogP contribution in [0.15, 0.2) is 48.5 Å². The summed E-state index contributed by atoms with van der Waals surface area (Å²) in [7, 11) is -3.45. The quantitative estimate of drug-likeness (QED) is 0.440. The molecule has 0 saturated carbocycles. The number of rotatable bonds is 7. The Morgan fingerprint density at radius 3 is 2.75 bits per heavy atom. The molecule has 32 heavy (non-hydrogen) atoms. The van der Waals surface area contributed by atoms with Gasteiger partial charge < -0.3 is 15.8 Å². The second kappa shape index (κ2) is 9.34. The standard InChI is InChI=1S/C24H30N4O3S/c1-2-32(29,30)28-20(7-6-17-4-3-5-18(14-17)24(25)26)15-19-16-22(8-9-23(19)28)31-21-10-12-27-13-11-21/h3-9,14,16,20-21,27H,2,10-13,15H2,1H3,(H3,25,26)/b7-6+. The number of amidine groups is 1. The van der Waals surface area contributed by atoms with Gasteiger partial charge in [-0.3, -0.25) is 9.71 Å². The van der Waals surface area contributed by atoms with Crippen LogP contribution in [0.3, 0.4) is 0 Å². The number of hydrogen-bond donors (Lipinski definition) is 3. The second-order valence-corrected chi connectivity index (χ2v) is 10.4. The van der Waals surface area contributed by atoms with E-state index in [4.69, 9.17) is 15.9 Å². The minimum atomic E-state index is -3.45. The van der Waals surface area contributed by atoms with Crippen molar-refractivity contribution in [3.8, 4) is 5.75 Å². The summed E-state index contributed by atoms with van der Waals surface area (Å²) in [4.78, 5) is 0. The molecule has 170 valence electrons. The van der Waals surface area contributed by atoms with Crippen LogP contribution < -0.4 is 20.1 Å². The lowest BCUT2D eigenvalue weighted by Gasteiger charge is -2.25. The van der Waals surface area contributed by atoms with Crippen LogP contribution in [0, 0.1) is 5.41 Å². The first kappa shape index (κ1) is 22.4. The maximum absolute atomic E-state index is 12.9. The van der Waals surface area contributed by atoms with Gasteiger partial charge in [-0.05, 0) is 74.7 Å². The van der Waals surface area contributed by atoms with Gasteiger partial charge >= 0.3 is 0 Å². The molecule has 1 unspecified atom stereocenters. The van der Waals surface area contributed by atoms with Crippen molar-refractivity contribution in [2.24, 2.45) is 5.73 Å². The highest BCUT2D eigenvalue weighted by molar-refractivity contribution is 7.92. The number of sulfonamides is 1. The molecule has 0 aromatic heterocycles. The first-order chi connectivity index (χ1) is 15.4. The molecule has 7 nitrogen and oxygen atoms in total. The van der Waals surface area contributed by atoms with E-state index in [1.807, 2.05) is 48.6 Å². The molecule has 2 heterocycles. The topological polar surface area (TPSA) is 109 Å². The van der Waals surface area contributed by atoms with Crippen LogP contribution in [-0.4, -0.2) is 45.2 Å². The van der Waals surface area contributed by atoms with Crippen LogP contribution in [0.25, 0.3) is 6.08 Å². The molecule has 2 aromatic rings. The fraction of sp³-hybridized carbons (Fsp3) is 0.375. The molecule has 0 radical (unpaired) electrons. The number of ether oxygens (including phenoxy) is 1. The second-order valence-electron chi connectivity index (χ2n) is 8.22. The molecule has 0 aliphatic carbocycles. The van der Waals surface area contributed by atoms with E-state index in [0.29, 0.717) is 12.0 Å². The van der Waals surface area contributed by atoms with Crippen molar-refractivity contribution in [1.29, 1.82) is 5.41 Å². The average Bonchev–Trinajstić information content (AvgIpc) is 3.17. The summed E-state index contributed by atoms with van der Waals surface area (Å²) < 4.78 is 33.6. The van der Waals surface area contributed by atoms with Gasteiger partial charge in [0.15, 0.2) is 0 Å². The molecule has 0 spiro atoms. The minimum Gasteiger partial charge on any atom is -0.490 e. The maximum Gasteiger partial charge on any atom is 0.235 e. The number of nitrogen functional groups attached to an aromatic ring is 1. The van der Waals surface area contributed by atoms with Crippen LogP contribution in [0.5, 0.6) is 5.75 Å². The van der Waals surface area contributed by atoms with Crippen molar-refractivity contribution >= 4 is 27.6 Å². The van der Waals surface area contributed by atoms with E-state index in [-0.39, 0.29) is 23.7 Å². The number of piperidine rings is 1. The molecule has 2 aromatic carbocycles. The normalized spacial score (nSPS) is 19.3. The molecule has 4 rings (SSSR count). The summed E-state index contributed by atoms with van der Waals surface area (Å²) in [6.07, 6.45) is 6.53. The molecule has 1 saturated heterocycles. The van der Waals surface area contributed by atoms with E-state index in [0.717, 1.165) is 48.5 Å². The fourth-order valence-corrected chi connectivity index (χ4v) is 5.59. The van der Waals surface area contributed by atoms with Crippen molar-refractivity contribution in [2.45, 2.75) is 38.3 Å². The zero-order valence-corrected chi connectivity index (χ0v) is 19.1. The monoisotopic (exact) mass is 454 g/mol. The highest BCUT2D eigenvalue weighted by atomic mass is 32.2. The van der Waals surface area contributed by atoms with Gasteiger partial charge in [0.05, 0.1) is 17.5 Å². The summed E-state index contributed by atoms with van der Waals surface area (Å²) >= 11 is 0. The summed E-state index contributed by atoms with van der Waals surface area (Å²) in [5.41, 5.74) is 8.80. The number of hydrogen-bond acceptors (Lipinski definition) is 5. The summed E-state index contributed by atoms with van der Waals surface area (Å²) in [5.74, 6) is 0.831. The third-order valence-corrected chi connectivity index (χ3v) is 7.78. The van der Waals surface area contributed by atoms with Gasteiger partial charge in [-0.1, -0.05) is 30.4 Å². The maximum atomic E-state index is 12.9. The van der Waals surface area contributed by atoms with E-state index in [1.54, 1.807) is 13.0 Å². The Balaban J connectivity index is 1.60. The van der Waals surface area contributed by atoms with Gasteiger partial charge in [-0.15, -0.1) is 0 Å². The SMILES string of the molecule is CCS(=O)(=O)N1c2ccc(OC3CCNCC3)cc2CC1/C=C/c1cccc(C(=N)N)c1. The Kier molecular flexibility index (Phi) is 6.53. The van der Waals surface area contributed by atoms with Crippen molar-refractivity contribution in [2.75, 3.05) is 23.1 Å². The van der Waals surface area contributed by atoms with Gasteiger partial charge in [-0.25, -0.2) is 8.42 Å². The average molecular weight is 455 g/mol. The summed E-state index contributed by atoms with van der Waals surface area (Å²) in [6, 6.07) is 12.8. The van der Waals surface area contributed by atoms with Crippen LogP contribution in [0.1, 0.15) is 36.5 Å². The fourth-order valence-electron chi connectivity index (χ4n) is 4.28. The predicted octanol–water partition coefficient (Wildman–Crippen LogP) is 2.90. The first-order valence-corrected chi connectivity index (χ1v) is 12.6. The lowest BCUT2D eigenvalue weighted by atomic mass is 10.1. The largest absolute Gasteiger partial charge is 0.490 e. The molecular weight excluding hydrogens is 424 g/mol. The number of nitrogens with zero attached hydrogens (tertiary/aromatic N) is 1. The van der Waals surface area contributed by atoms with Crippen molar-refractivity contribution in [3.63, 3.8) is 0 Å². The highest BCUT2D eigenvalue weighted by Gasteiger charge is 2.35. The number of nitrogens with two attached hydrogens (primary N) is 1. The number of anilines is 1. The van der Waals surface area contributed by atoms with Crippen LogP contribution in [-0.2, 0) is 16.4 Å². The number of benzene rings is 2. The predicted molar refractivity (Wildman–Crippen MR) is 129 cm³/mol. The molecule has 8 heteroatoms. The Bertz CT molecular complexity index is 1120. The third kappa shape index (κ3) is 4.81. The Morgan fingerprint density at radius 2 is 2.03 bits per heavy atom. The molecule has 2 aliphatic rings. The lowest BCUT2D eigenvalue weighted by molar-refractivity contribution is 0.162. The number of nitrogens with one attached hydrogen (secondary N) is 2. The van der Waals surface area contributed by atoms with E-state index in [2.05, 4.69) is 5.32 Å². The van der Waals surface area contributed by atoms with Gasteiger partial charge in [0.25, 0.3) is 0 Å². The third-order valence-electron chi connectivity index (χ3n) is 5.98. The van der Waals surface area contributed by atoms with Crippen molar-refractivity contribution < 1.29 is 13.2 Å². The number of fused-ring (bicyclic) bond motifs is 1. The van der Waals surface area contributed by atoms with Gasteiger partial charge in [0.2, 0.25) is 10.0 Å². The molecular formula is C24H30N4O3S. The van der Waals surface area contributed by atoms with E-state index >= 15 is 0 Å². The van der Waals surface area contributed by atoms with Crippen molar-refractivity contribution in [1.82, 2.24) is 5.32 Å². The molecule has 4 N–H and O–H groups in total. The Labute approximate surface area is 189 Å². The first-order valence-electron chi connectivity index (χ1n) is 11.0. The molecule has 0 bridgehead atoms. The Hall–Kier alpha value is -2.84. The highest BCUT2D eigenvalue weighted by Crippen LogP contribution is 2.38. The van der Waals surface area contributed by atoms with E-state index in [9.17, 15) is 8.42 Å². The van der Waals surface area contributed by atoms with E-state index in [1.165, 1.54) is 4.31 Å². The molecule has 1 atom stereocenters. The molecule has 0 amide bonds. The van der Waals surface area contributed by atoms with Crippen LogP contribution >= 0.6 is 0 Å². The minimum absolute atomic E-state index is 0.00462. The zero-order chi connectivity index (χ0) is 22.7. The van der Waals surface area contributed by atoms with Crippen LogP contribution in [0.4, 0.5) is 5.69 Å². The summed E-state index contributed by atoms with van der Waals surface area (Å²) in [5, 5.41) is 11.0. The lowest BCUT2D eigenvalue weighted by Crippen LogP contribution is -2.37. The zero-order valence-electron chi connectivity index (χ0n) is 18.3. The van der Waals surface area contributed by atoms with Gasteiger partial charge in [0.1, 0.15) is 17.7 Å². The van der Waals surface area contributed by atoms with Gasteiger partial charge in [0, 0.05) is 5.56 Å². The Morgan fingerprint density at radius 1 is 1.25 bits per heavy atom. The summed E-state index contributed by atoms with van der Waals surface area (Å²) in [6.45, 7) is 3.57. The smallest absolute Gasteiger partial charge is 0.235 e. The molecule has 1 fully saturated rings. The van der Waals surface area contributed by atoms with Gasteiger partial charge in [-0.2, -0.15) is 0 Å². The molecule has 2 aliphatic heterocycles.